The van der Waals surface area contributed by atoms with Gasteiger partial charge in [0.25, 0.3) is 0 Å². The molecule has 0 unspecified atom stereocenters. The summed E-state index contributed by atoms with van der Waals surface area (Å²) in [7, 11) is 0. The van der Waals surface area contributed by atoms with Crippen LogP contribution >= 0.6 is 0 Å². The van der Waals surface area contributed by atoms with E-state index < -0.39 is 17.7 Å². The molecule has 2 aliphatic rings. The molecular formula is C39H43N7O4. The van der Waals surface area contributed by atoms with Crippen LogP contribution in [0, 0.1) is 12.3 Å². The van der Waals surface area contributed by atoms with Crippen LogP contribution in [0.4, 0.5) is 11.5 Å². The summed E-state index contributed by atoms with van der Waals surface area (Å²) in [4.78, 5) is 26.9. The molecule has 0 amide bonds. The van der Waals surface area contributed by atoms with Crippen LogP contribution in [0.25, 0.3) is 38.7 Å². The van der Waals surface area contributed by atoms with Gasteiger partial charge in [-0.1, -0.05) is 49.4 Å². The van der Waals surface area contributed by atoms with E-state index in [2.05, 4.69) is 62.1 Å². The van der Waals surface area contributed by atoms with Crippen LogP contribution < -0.4 is 9.80 Å². The van der Waals surface area contributed by atoms with Gasteiger partial charge in [0, 0.05) is 48.4 Å². The van der Waals surface area contributed by atoms with Crippen LogP contribution in [0.2, 0.25) is 0 Å². The van der Waals surface area contributed by atoms with Gasteiger partial charge < -0.3 is 24.1 Å². The van der Waals surface area contributed by atoms with E-state index in [1.807, 2.05) is 52.0 Å². The van der Waals surface area contributed by atoms with Crippen LogP contribution in [0.3, 0.4) is 0 Å². The maximum absolute atomic E-state index is 13.1. The molecule has 1 N–H and O–H groups in total. The molecule has 11 heteroatoms. The third-order valence-corrected chi connectivity index (χ3v) is 10.3. The lowest BCUT2D eigenvalue weighted by molar-refractivity contribution is -0.160. The Kier molecular flexibility index (Phi) is 7.59. The summed E-state index contributed by atoms with van der Waals surface area (Å²) in [5.74, 6) is -0.231. The molecule has 0 bridgehead atoms. The third-order valence-electron chi connectivity index (χ3n) is 10.3. The van der Waals surface area contributed by atoms with Gasteiger partial charge in [0.2, 0.25) is 0 Å². The number of benzene rings is 2. The Morgan fingerprint density at radius 1 is 1.02 bits per heavy atom. The van der Waals surface area contributed by atoms with Crippen molar-refractivity contribution >= 4 is 45.1 Å². The number of nitrogens with zero attached hydrogens (tertiary/aromatic N) is 7. The Bertz CT molecular complexity index is 2270. The highest BCUT2D eigenvalue weighted by atomic mass is 16.5. The van der Waals surface area contributed by atoms with Gasteiger partial charge in [-0.05, 0) is 81.2 Å². The van der Waals surface area contributed by atoms with E-state index in [1.165, 1.54) is 11.1 Å². The topological polar surface area (TPSA) is 122 Å². The summed E-state index contributed by atoms with van der Waals surface area (Å²) in [5, 5.41) is 20.4. The number of fused-ring (bicyclic) bond motifs is 5. The summed E-state index contributed by atoms with van der Waals surface area (Å²) >= 11 is 0. The van der Waals surface area contributed by atoms with Crippen molar-refractivity contribution in [1.82, 2.24) is 24.8 Å². The third kappa shape index (κ3) is 5.53. The van der Waals surface area contributed by atoms with E-state index in [9.17, 15) is 9.90 Å². The molecule has 258 valence electrons. The quantitative estimate of drug-likeness (QED) is 0.190. The average Bonchev–Trinajstić information content (AvgIpc) is 3.72. The van der Waals surface area contributed by atoms with Crippen molar-refractivity contribution in [3.05, 3.63) is 77.4 Å². The molecule has 50 heavy (non-hydrogen) atoms. The summed E-state index contributed by atoms with van der Waals surface area (Å²) in [6, 6.07) is 14.6. The van der Waals surface area contributed by atoms with Gasteiger partial charge in [-0.3, -0.25) is 0 Å². The van der Waals surface area contributed by atoms with Crippen LogP contribution in [0.5, 0.6) is 0 Å². The van der Waals surface area contributed by atoms with Crippen molar-refractivity contribution in [2.24, 2.45) is 5.41 Å². The summed E-state index contributed by atoms with van der Waals surface area (Å²) in [6.45, 7) is 15.3. The molecule has 0 spiro atoms. The van der Waals surface area contributed by atoms with Crippen molar-refractivity contribution in [2.45, 2.75) is 79.1 Å². The highest BCUT2D eigenvalue weighted by molar-refractivity contribution is 6.05. The highest BCUT2D eigenvalue weighted by Gasteiger charge is 2.37. The lowest BCUT2D eigenvalue weighted by Gasteiger charge is -2.41. The van der Waals surface area contributed by atoms with Crippen LogP contribution in [-0.4, -0.2) is 61.1 Å². The molecule has 0 saturated carbocycles. The first-order valence-corrected chi connectivity index (χ1v) is 17.4. The molecule has 11 nitrogen and oxygen atoms in total. The number of para-hydroxylation sites is 1. The molecule has 6 heterocycles. The Morgan fingerprint density at radius 3 is 2.56 bits per heavy atom. The Hall–Kier alpha value is -5.03. The molecule has 8 rings (SSSR count). The SMILES string of the molecule is Cc1c([C@H](OC(C)(C)C)C(=O)O)c(N2CCC(C)(C)CC2)c(-c2ccc3c(c2)CCN(c2ncnc4c2oc2ccccc24)C3)c2cnnn12. The minimum atomic E-state index is -1.19. The normalized spacial score (nSPS) is 17.1. The van der Waals surface area contributed by atoms with E-state index in [4.69, 9.17) is 9.15 Å². The maximum atomic E-state index is 13.1. The van der Waals surface area contributed by atoms with Gasteiger partial charge in [0.1, 0.15) is 17.4 Å². The standard InChI is InChI=1S/C39H43N7O4/c1-23-30(34(37(47)48)50-38(2,3)4)33(44-17-14-39(5,6)15-18-44)31(28-20-42-43-46(23)28)25-11-12-26-21-45(16-13-24(26)19-25)36-35-32(40-22-41-36)27-9-7-8-10-29(27)49-35/h7-12,19-20,22,34H,13-18,21H2,1-6H3,(H,47,48)/t34-/m0/s1. The number of carboxylic acids is 1. The minimum Gasteiger partial charge on any atom is -0.479 e. The lowest BCUT2D eigenvalue weighted by Crippen LogP contribution is -2.39. The number of ether oxygens (including phenoxy) is 1. The number of carbonyl (C=O) groups is 1. The largest absolute Gasteiger partial charge is 0.479 e. The van der Waals surface area contributed by atoms with Crippen LogP contribution in [0.1, 0.15) is 75.9 Å². The minimum absolute atomic E-state index is 0.206. The number of hydrogen-bond acceptors (Lipinski definition) is 9. The molecule has 1 atom stereocenters. The van der Waals surface area contributed by atoms with E-state index in [0.29, 0.717) is 23.4 Å². The number of pyridine rings is 1. The van der Waals surface area contributed by atoms with E-state index >= 15 is 0 Å². The first-order valence-electron chi connectivity index (χ1n) is 17.4. The van der Waals surface area contributed by atoms with Gasteiger partial charge >= 0.3 is 5.97 Å². The van der Waals surface area contributed by atoms with Gasteiger partial charge in [-0.15, -0.1) is 5.10 Å². The second-order valence-corrected chi connectivity index (χ2v) is 15.5. The summed E-state index contributed by atoms with van der Waals surface area (Å²) in [5.41, 5.74) is 9.32. The predicted octanol–water partition coefficient (Wildman–Crippen LogP) is 7.52. The van der Waals surface area contributed by atoms with Gasteiger partial charge in [-0.2, -0.15) is 0 Å². The van der Waals surface area contributed by atoms with Crippen LogP contribution in [-0.2, 0) is 22.5 Å². The van der Waals surface area contributed by atoms with Crippen molar-refractivity contribution in [3.63, 3.8) is 0 Å². The number of furan rings is 1. The average molecular weight is 674 g/mol. The smallest absolute Gasteiger partial charge is 0.337 e. The Balaban J connectivity index is 1.25. The van der Waals surface area contributed by atoms with Gasteiger partial charge in [-0.25, -0.2) is 19.3 Å². The number of piperidine rings is 1. The number of aryl methyl sites for hydroxylation is 1. The zero-order chi connectivity index (χ0) is 34.9. The van der Waals surface area contributed by atoms with Gasteiger partial charge in [0.15, 0.2) is 17.5 Å². The number of aromatic nitrogens is 5. The van der Waals surface area contributed by atoms with Crippen LogP contribution in [0.15, 0.2) is 59.4 Å². The van der Waals surface area contributed by atoms with Gasteiger partial charge in [0.05, 0.1) is 23.0 Å². The first-order chi connectivity index (χ1) is 23.9. The fraction of sp³-hybridized carbons (Fsp3) is 0.410. The second kappa shape index (κ2) is 11.8. The molecule has 4 aromatic heterocycles. The highest BCUT2D eigenvalue weighted by Crippen LogP contribution is 2.46. The molecular weight excluding hydrogens is 630 g/mol. The van der Waals surface area contributed by atoms with E-state index in [1.54, 1.807) is 17.0 Å². The van der Waals surface area contributed by atoms with E-state index in [0.717, 1.165) is 83.5 Å². The van der Waals surface area contributed by atoms with Crippen molar-refractivity contribution in [3.8, 4) is 11.1 Å². The Morgan fingerprint density at radius 2 is 1.80 bits per heavy atom. The molecule has 2 aromatic carbocycles. The molecule has 6 aromatic rings. The summed E-state index contributed by atoms with van der Waals surface area (Å²) < 4.78 is 14.4. The monoisotopic (exact) mass is 673 g/mol. The van der Waals surface area contributed by atoms with E-state index in [-0.39, 0.29) is 5.41 Å². The molecule has 1 saturated heterocycles. The zero-order valence-electron chi connectivity index (χ0n) is 29.5. The predicted molar refractivity (Wildman–Crippen MR) is 194 cm³/mol. The second-order valence-electron chi connectivity index (χ2n) is 15.5. The van der Waals surface area contributed by atoms with Crippen molar-refractivity contribution in [2.75, 3.05) is 29.4 Å². The number of carboxylic acid groups (broad SMARTS) is 1. The van der Waals surface area contributed by atoms with Crippen molar-refractivity contribution < 1.29 is 19.1 Å². The lowest BCUT2D eigenvalue weighted by atomic mass is 9.81. The molecule has 0 radical (unpaired) electrons. The fourth-order valence-electron chi connectivity index (χ4n) is 7.67. The molecule has 0 aliphatic carbocycles. The number of rotatable bonds is 6. The Labute approximate surface area is 290 Å². The fourth-order valence-corrected chi connectivity index (χ4v) is 7.67. The zero-order valence-corrected chi connectivity index (χ0v) is 29.5. The maximum Gasteiger partial charge on any atom is 0.337 e. The first kappa shape index (κ1) is 32.2. The number of aliphatic carboxylic acids is 1. The molecule has 2 aliphatic heterocycles. The summed E-state index contributed by atoms with van der Waals surface area (Å²) in [6.07, 6.45) is 5.01. The number of anilines is 2. The van der Waals surface area contributed by atoms with Crippen molar-refractivity contribution in [1.29, 1.82) is 0 Å². The molecule has 1 fully saturated rings. The number of hydrogen-bond donors (Lipinski definition) is 1.